The molecule has 0 amide bonds. The molecule has 4 heterocycles. The van der Waals surface area contributed by atoms with Crippen LogP contribution in [0.3, 0.4) is 0 Å². The number of nitrogens with two attached hydrogens (primary N) is 1. The van der Waals surface area contributed by atoms with E-state index in [2.05, 4.69) is 60.8 Å². The topological polar surface area (TPSA) is 111 Å². The van der Waals surface area contributed by atoms with Crippen molar-refractivity contribution in [2.45, 2.75) is 63.8 Å². The second-order valence-electron chi connectivity index (χ2n) is 10.7. The molecule has 7 rings (SSSR count). The zero-order valence-electron chi connectivity index (χ0n) is 21.6. The summed E-state index contributed by atoms with van der Waals surface area (Å²) in [4.78, 5) is 11.9. The van der Waals surface area contributed by atoms with Gasteiger partial charge in [-0.1, -0.05) is 24.3 Å². The highest BCUT2D eigenvalue weighted by molar-refractivity contribution is 5.68. The van der Waals surface area contributed by atoms with Gasteiger partial charge >= 0.3 is 0 Å². The minimum Gasteiger partial charge on any atom is -0.368 e. The lowest BCUT2D eigenvalue weighted by atomic mass is 10.0. The third kappa shape index (κ3) is 4.41. The van der Waals surface area contributed by atoms with E-state index in [4.69, 9.17) is 10.7 Å². The number of hydrogen-bond acceptors (Lipinski definition) is 8. The van der Waals surface area contributed by atoms with Gasteiger partial charge in [0.15, 0.2) is 5.82 Å². The Balaban J connectivity index is 1.10. The first-order valence-corrected chi connectivity index (χ1v) is 13.9. The number of hydrogen-bond donors (Lipinski definition) is 2. The van der Waals surface area contributed by atoms with Crippen LogP contribution in [-0.2, 0) is 25.7 Å². The van der Waals surface area contributed by atoms with E-state index in [1.54, 1.807) is 4.68 Å². The van der Waals surface area contributed by atoms with Gasteiger partial charge in [-0.25, -0.2) is 0 Å². The van der Waals surface area contributed by atoms with Gasteiger partial charge in [0, 0.05) is 17.3 Å². The fourth-order valence-corrected chi connectivity index (χ4v) is 6.34. The molecule has 0 spiro atoms. The number of pyridine rings is 1. The number of anilines is 3. The highest BCUT2D eigenvalue weighted by atomic mass is 15.4. The van der Waals surface area contributed by atoms with Crippen molar-refractivity contribution in [1.82, 2.24) is 34.8 Å². The number of nitrogen functional groups attached to an aromatic ring is 1. The molecule has 1 saturated heterocycles. The predicted octanol–water partition coefficient (Wildman–Crippen LogP) is 4.28. The molecular formula is C29H33N9. The Morgan fingerprint density at radius 1 is 0.868 bits per heavy atom. The molecule has 0 radical (unpaired) electrons. The fraction of sp³-hybridized carbons (Fsp3) is 0.414. The van der Waals surface area contributed by atoms with Gasteiger partial charge in [0.25, 0.3) is 0 Å². The lowest BCUT2D eigenvalue weighted by Crippen LogP contribution is -2.32. The van der Waals surface area contributed by atoms with Gasteiger partial charge in [-0.3, -0.25) is 4.98 Å². The molecule has 1 aliphatic heterocycles. The first kappa shape index (κ1) is 23.3. The number of aryl methyl sites for hydroxylation is 4. The average molecular weight is 508 g/mol. The van der Waals surface area contributed by atoms with Gasteiger partial charge in [0.1, 0.15) is 0 Å². The van der Waals surface area contributed by atoms with Crippen LogP contribution in [0.4, 0.5) is 17.6 Å². The van der Waals surface area contributed by atoms with Gasteiger partial charge in [-0.15, -0.1) is 15.3 Å². The van der Waals surface area contributed by atoms with Crippen LogP contribution in [0.5, 0.6) is 0 Å². The molecule has 0 unspecified atom stereocenters. The lowest BCUT2D eigenvalue weighted by molar-refractivity contribution is 0.222. The van der Waals surface area contributed by atoms with Crippen molar-refractivity contribution in [3.8, 4) is 17.1 Å². The molecule has 3 aliphatic rings. The molecule has 3 N–H and O–H groups in total. The number of nitrogens with one attached hydrogen (secondary N) is 1. The molecular weight excluding hydrogens is 474 g/mol. The van der Waals surface area contributed by atoms with Crippen molar-refractivity contribution in [3.63, 3.8) is 0 Å². The number of rotatable bonds is 4. The van der Waals surface area contributed by atoms with E-state index in [0.717, 1.165) is 54.6 Å². The maximum atomic E-state index is 6.28. The third-order valence-electron chi connectivity index (χ3n) is 8.31. The Morgan fingerprint density at radius 3 is 2.63 bits per heavy atom. The maximum Gasteiger partial charge on any atom is 0.248 e. The molecule has 0 saturated carbocycles. The van der Waals surface area contributed by atoms with Crippen molar-refractivity contribution >= 4 is 17.6 Å². The van der Waals surface area contributed by atoms with Gasteiger partial charge in [-0.05, 0) is 99.7 Å². The monoisotopic (exact) mass is 507 g/mol. The molecule has 1 atom stereocenters. The van der Waals surface area contributed by atoms with E-state index in [1.165, 1.54) is 55.6 Å². The Hall–Kier alpha value is -3.85. The van der Waals surface area contributed by atoms with Crippen LogP contribution in [0, 0.1) is 0 Å². The van der Waals surface area contributed by atoms with Crippen molar-refractivity contribution in [2.24, 2.45) is 0 Å². The third-order valence-corrected chi connectivity index (χ3v) is 8.31. The van der Waals surface area contributed by atoms with Gasteiger partial charge in [-0.2, -0.15) is 9.67 Å². The number of nitrogens with zero attached hydrogens (tertiary/aromatic N) is 7. The molecule has 1 fully saturated rings. The molecule has 3 aromatic heterocycles. The summed E-state index contributed by atoms with van der Waals surface area (Å²) in [7, 11) is 0. The molecule has 1 aromatic carbocycles. The Bertz CT molecular complexity index is 1470. The van der Waals surface area contributed by atoms with Gasteiger partial charge in [0.2, 0.25) is 11.9 Å². The second-order valence-corrected chi connectivity index (χ2v) is 10.7. The predicted molar refractivity (Wildman–Crippen MR) is 148 cm³/mol. The molecule has 38 heavy (non-hydrogen) atoms. The Kier molecular flexibility index (Phi) is 6.00. The highest BCUT2D eigenvalue weighted by Crippen LogP contribution is 2.32. The minimum atomic E-state index is 0.270. The summed E-state index contributed by atoms with van der Waals surface area (Å²) >= 11 is 0. The quantitative estimate of drug-likeness (QED) is 0.394. The number of benzene rings is 1. The SMILES string of the molecule is Nc1nc(Nc2cnc3c(c2)CC[C@H](N2CCCC2)CC3)nn1-c1cc2c(nn1)-c1ccccc1CCC2. The Labute approximate surface area is 222 Å². The van der Waals surface area contributed by atoms with Crippen molar-refractivity contribution in [2.75, 3.05) is 24.1 Å². The summed E-state index contributed by atoms with van der Waals surface area (Å²) in [5, 5.41) is 17.0. The van der Waals surface area contributed by atoms with E-state index >= 15 is 0 Å². The molecule has 9 heteroatoms. The van der Waals surface area contributed by atoms with E-state index < -0.39 is 0 Å². The summed E-state index contributed by atoms with van der Waals surface area (Å²) in [6.45, 7) is 2.50. The van der Waals surface area contributed by atoms with E-state index in [1.807, 2.05) is 12.3 Å². The first-order valence-electron chi connectivity index (χ1n) is 13.9. The molecule has 2 aliphatic carbocycles. The maximum absolute atomic E-state index is 6.28. The lowest BCUT2D eigenvalue weighted by Gasteiger charge is -2.25. The summed E-state index contributed by atoms with van der Waals surface area (Å²) in [6, 6.07) is 13.4. The fourth-order valence-electron chi connectivity index (χ4n) is 6.34. The summed E-state index contributed by atoms with van der Waals surface area (Å²) in [5.74, 6) is 1.27. The summed E-state index contributed by atoms with van der Waals surface area (Å²) in [5.41, 5.74) is 14.3. The van der Waals surface area contributed by atoms with Crippen LogP contribution in [0.25, 0.3) is 17.1 Å². The summed E-state index contributed by atoms with van der Waals surface area (Å²) < 4.78 is 1.56. The van der Waals surface area contributed by atoms with Crippen LogP contribution in [0.2, 0.25) is 0 Å². The highest BCUT2D eigenvalue weighted by Gasteiger charge is 2.25. The van der Waals surface area contributed by atoms with Gasteiger partial charge in [0.05, 0.1) is 17.6 Å². The first-order chi connectivity index (χ1) is 18.7. The van der Waals surface area contributed by atoms with E-state index in [-0.39, 0.29) is 5.95 Å². The van der Waals surface area contributed by atoms with E-state index in [9.17, 15) is 0 Å². The van der Waals surface area contributed by atoms with Crippen molar-refractivity contribution < 1.29 is 0 Å². The van der Waals surface area contributed by atoms with E-state index in [0.29, 0.717) is 17.8 Å². The standard InChI is InChI=1S/C29H33N9/c30-28-33-29(32-22-16-20-10-11-23(37-14-3-4-15-37)12-13-25(20)31-18-22)36-38(28)26-17-21-8-5-7-19-6-1-2-9-24(19)27(21)35-34-26/h1-2,6,9,16-18,23H,3-5,7-8,10-15H2,(H3,30,32,33,36)/t23-/m0/s1. The normalized spacial score (nSPS) is 19.2. The van der Waals surface area contributed by atoms with Crippen molar-refractivity contribution in [3.05, 3.63) is 65.0 Å². The number of likely N-dealkylation sites (tertiary alicyclic amines) is 1. The molecule has 0 bridgehead atoms. The zero-order chi connectivity index (χ0) is 25.5. The van der Waals surface area contributed by atoms with Crippen LogP contribution >= 0.6 is 0 Å². The average Bonchev–Trinajstić information content (AvgIpc) is 3.49. The number of aromatic nitrogens is 6. The molecule has 9 nitrogen and oxygen atoms in total. The zero-order valence-corrected chi connectivity index (χ0v) is 21.6. The van der Waals surface area contributed by atoms with Crippen LogP contribution < -0.4 is 11.1 Å². The largest absolute Gasteiger partial charge is 0.368 e. The summed E-state index contributed by atoms with van der Waals surface area (Å²) in [6.07, 6.45) is 12.1. The minimum absolute atomic E-state index is 0.270. The molecule has 4 aromatic rings. The van der Waals surface area contributed by atoms with Gasteiger partial charge < -0.3 is 16.0 Å². The molecule has 194 valence electrons. The van der Waals surface area contributed by atoms with Crippen LogP contribution in [-0.4, -0.2) is 54.0 Å². The van der Waals surface area contributed by atoms with Crippen LogP contribution in [0.1, 0.15) is 54.5 Å². The van der Waals surface area contributed by atoms with Crippen LogP contribution in [0.15, 0.2) is 42.6 Å². The number of fused-ring (bicyclic) bond motifs is 4. The van der Waals surface area contributed by atoms with Crippen molar-refractivity contribution in [1.29, 1.82) is 0 Å². The second kappa shape index (κ2) is 9.79. The smallest absolute Gasteiger partial charge is 0.248 e. The Morgan fingerprint density at radius 2 is 1.71 bits per heavy atom.